The lowest BCUT2D eigenvalue weighted by Crippen LogP contribution is -2.28. The third kappa shape index (κ3) is 3.86. The first-order valence-electron chi connectivity index (χ1n) is 9.22. The van der Waals surface area contributed by atoms with Gasteiger partial charge in [0.15, 0.2) is 0 Å². The maximum Gasteiger partial charge on any atom is 0.287 e. The number of anilines is 2. The molecule has 0 amide bonds. The fourth-order valence-corrected chi connectivity index (χ4v) is 4.57. The summed E-state index contributed by atoms with van der Waals surface area (Å²) in [7, 11) is -3.86. The average Bonchev–Trinajstić information content (AvgIpc) is 2.68. The number of guanidine groups is 1. The lowest BCUT2D eigenvalue weighted by atomic mass is 10.0. The van der Waals surface area contributed by atoms with Gasteiger partial charge in [-0.15, -0.1) is 4.40 Å². The second kappa shape index (κ2) is 7.54. The van der Waals surface area contributed by atoms with Crippen LogP contribution in [0.25, 0.3) is 11.1 Å². The Kier molecular flexibility index (Phi) is 5.06. The molecule has 0 spiro atoms. The zero-order valence-electron chi connectivity index (χ0n) is 16.0. The number of sulfonamides is 1. The Morgan fingerprint density at radius 3 is 2.31 bits per heavy atom. The van der Waals surface area contributed by atoms with Gasteiger partial charge in [-0.3, -0.25) is 0 Å². The summed E-state index contributed by atoms with van der Waals surface area (Å²) in [6, 6.07) is 20.2. The number of rotatable bonds is 3. The molecular formula is C22H20ClN3O2S. The molecule has 0 unspecified atom stereocenters. The first-order chi connectivity index (χ1) is 13.8. The number of para-hydroxylation sites is 1. The summed E-state index contributed by atoms with van der Waals surface area (Å²) in [5, 5.41) is 6.74. The molecule has 0 bridgehead atoms. The van der Waals surface area contributed by atoms with E-state index in [1.165, 1.54) is 11.6 Å². The van der Waals surface area contributed by atoms with Gasteiger partial charge in [0.1, 0.15) is 4.90 Å². The highest BCUT2D eigenvalue weighted by atomic mass is 35.5. The van der Waals surface area contributed by atoms with Crippen LogP contribution in [0.3, 0.4) is 0 Å². The van der Waals surface area contributed by atoms with Crippen molar-refractivity contribution in [2.75, 3.05) is 10.6 Å². The number of nitrogens with zero attached hydrogens (tertiary/aromatic N) is 1. The molecule has 1 heterocycles. The van der Waals surface area contributed by atoms with Crippen molar-refractivity contribution in [1.29, 1.82) is 0 Å². The van der Waals surface area contributed by atoms with Crippen LogP contribution in [0.1, 0.15) is 25.3 Å². The normalized spacial score (nSPS) is 14.7. The average molecular weight is 426 g/mol. The maximum atomic E-state index is 12.8. The zero-order valence-corrected chi connectivity index (χ0v) is 17.6. The molecule has 0 aliphatic carbocycles. The number of fused-ring (bicyclic) bond motifs is 1. The smallest absolute Gasteiger partial charge is 0.287 e. The van der Waals surface area contributed by atoms with Gasteiger partial charge < -0.3 is 10.6 Å². The SMILES string of the molecule is CC(C)c1ccc(NC2=NS(=O)(=O)c3cccc(-c4ccccc4Cl)c3N2)cc1. The Morgan fingerprint density at radius 1 is 0.931 bits per heavy atom. The van der Waals surface area contributed by atoms with E-state index in [2.05, 4.69) is 28.9 Å². The van der Waals surface area contributed by atoms with Crippen LogP contribution in [0, 0.1) is 0 Å². The monoisotopic (exact) mass is 425 g/mol. The van der Waals surface area contributed by atoms with Crippen LogP contribution in [-0.4, -0.2) is 14.4 Å². The summed E-state index contributed by atoms with van der Waals surface area (Å²) in [5.74, 6) is 0.564. The topological polar surface area (TPSA) is 70.6 Å². The van der Waals surface area contributed by atoms with Gasteiger partial charge in [0.05, 0.1) is 5.69 Å². The van der Waals surface area contributed by atoms with E-state index in [0.717, 1.165) is 11.3 Å². The first kappa shape index (κ1) is 19.5. The molecule has 3 aromatic rings. The maximum absolute atomic E-state index is 12.8. The van der Waals surface area contributed by atoms with E-state index >= 15 is 0 Å². The molecule has 7 heteroatoms. The van der Waals surface area contributed by atoms with Gasteiger partial charge in [-0.1, -0.05) is 67.9 Å². The molecule has 148 valence electrons. The Labute approximate surface area is 175 Å². The van der Waals surface area contributed by atoms with Crippen molar-refractivity contribution in [1.82, 2.24) is 0 Å². The third-order valence-electron chi connectivity index (χ3n) is 4.76. The molecule has 0 saturated carbocycles. The van der Waals surface area contributed by atoms with Crippen LogP contribution in [0.4, 0.5) is 11.4 Å². The van der Waals surface area contributed by atoms with Crippen LogP contribution in [0.5, 0.6) is 0 Å². The van der Waals surface area contributed by atoms with Gasteiger partial charge in [0.2, 0.25) is 5.96 Å². The first-order valence-corrected chi connectivity index (χ1v) is 11.0. The molecular weight excluding hydrogens is 406 g/mol. The highest BCUT2D eigenvalue weighted by Gasteiger charge is 2.27. The highest BCUT2D eigenvalue weighted by Crippen LogP contribution is 2.39. The highest BCUT2D eigenvalue weighted by molar-refractivity contribution is 7.90. The number of hydrogen-bond acceptors (Lipinski definition) is 4. The van der Waals surface area contributed by atoms with Crippen LogP contribution in [0.15, 0.2) is 76.0 Å². The van der Waals surface area contributed by atoms with E-state index in [4.69, 9.17) is 11.6 Å². The fraction of sp³-hybridized carbons (Fsp3) is 0.136. The molecule has 0 aromatic heterocycles. The van der Waals surface area contributed by atoms with Crippen LogP contribution < -0.4 is 10.6 Å². The van der Waals surface area contributed by atoms with Gasteiger partial charge in [0.25, 0.3) is 10.0 Å². The Balaban J connectivity index is 1.73. The van der Waals surface area contributed by atoms with Crippen LogP contribution in [-0.2, 0) is 10.0 Å². The summed E-state index contributed by atoms with van der Waals surface area (Å²) in [5.41, 5.74) is 3.84. The summed E-state index contributed by atoms with van der Waals surface area (Å²) in [6.45, 7) is 4.24. The van der Waals surface area contributed by atoms with Gasteiger partial charge in [-0.05, 0) is 35.7 Å². The predicted molar refractivity (Wildman–Crippen MR) is 119 cm³/mol. The molecule has 0 saturated heterocycles. The molecule has 1 aliphatic heterocycles. The molecule has 0 fully saturated rings. The van der Waals surface area contributed by atoms with E-state index in [1.54, 1.807) is 12.1 Å². The van der Waals surface area contributed by atoms with Crippen molar-refractivity contribution >= 4 is 39.0 Å². The van der Waals surface area contributed by atoms with Crippen molar-refractivity contribution in [2.45, 2.75) is 24.7 Å². The largest absolute Gasteiger partial charge is 0.325 e. The van der Waals surface area contributed by atoms with Gasteiger partial charge in [0, 0.05) is 21.8 Å². The van der Waals surface area contributed by atoms with Crippen LogP contribution >= 0.6 is 11.6 Å². The third-order valence-corrected chi connectivity index (χ3v) is 6.41. The molecule has 5 nitrogen and oxygen atoms in total. The minimum Gasteiger partial charge on any atom is -0.325 e. The van der Waals surface area contributed by atoms with Crippen LogP contribution in [0.2, 0.25) is 5.02 Å². The van der Waals surface area contributed by atoms with Crippen molar-refractivity contribution in [3.05, 3.63) is 77.3 Å². The Hall–Kier alpha value is -2.83. The lowest BCUT2D eigenvalue weighted by molar-refractivity contribution is 0.598. The lowest BCUT2D eigenvalue weighted by Gasteiger charge is -2.22. The molecule has 0 atom stereocenters. The second-order valence-electron chi connectivity index (χ2n) is 7.10. The number of hydrogen-bond donors (Lipinski definition) is 2. The van der Waals surface area contributed by atoms with Crippen molar-refractivity contribution in [3.63, 3.8) is 0 Å². The fourth-order valence-electron chi connectivity index (χ4n) is 3.23. The number of nitrogens with one attached hydrogen (secondary N) is 2. The van der Waals surface area contributed by atoms with E-state index < -0.39 is 10.0 Å². The van der Waals surface area contributed by atoms with Crippen molar-refractivity contribution in [3.8, 4) is 11.1 Å². The molecule has 3 aromatic carbocycles. The minimum atomic E-state index is -3.86. The standard InChI is InChI=1S/C22H20ClN3O2S/c1-14(2)15-10-12-16(13-11-15)24-22-25-21-18(17-6-3-4-8-19(17)23)7-5-9-20(21)29(27,28)26-22/h3-14H,1-2H3,(H2,24,25,26). The van der Waals surface area contributed by atoms with Gasteiger partial charge in [-0.2, -0.15) is 8.42 Å². The quantitative estimate of drug-likeness (QED) is 0.563. The molecule has 1 aliphatic rings. The summed E-state index contributed by atoms with van der Waals surface area (Å²) in [6.07, 6.45) is 0. The van der Waals surface area contributed by atoms with E-state index in [1.807, 2.05) is 48.5 Å². The Bertz CT molecular complexity index is 1200. The van der Waals surface area contributed by atoms with Crippen molar-refractivity contribution < 1.29 is 8.42 Å². The molecule has 0 radical (unpaired) electrons. The van der Waals surface area contributed by atoms with E-state index in [9.17, 15) is 8.42 Å². The minimum absolute atomic E-state index is 0.121. The van der Waals surface area contributed by atoms with E-state index in [0.29, 0.717) is 22.2 Å². The summed E-state index contributed by atoms with van der Waals surface area (Å²) >= 11 is 6.36. The summed E-state index contributed by atoms with van der Waals surface area (Å²) < 4.78 is 29.5. The number of halogens is 1. The van der Waals surface area contributed by atoms with E-state index in [-0.39, 0.29) is 10.9 Å². The Morgan fingerprint density at radius 2 is 1.62 bits per heavy atom. The predicted octanol–water partition coefficient (Wildman–Crippen LogP) is 5.71. The molecule has 2 N–H and O–H groups in total. The molecule has 4 rings (SSSR count). The second-order valence-corrected chi connectivity index (χ2v) is 9.08. The van der Waals surface area contributed by atoms with Gasteiger partial charge >= 0.3 is 0 Å². The zero-order chi connectivity index (χ0) is 20.6. The molecule has 29 heavy (non-hydrogen) atoms. The summed E-state index contributed by atoms with van der Waals surface area (Å²) in [4.78, 5) is 0.121. The number of benzene rings is 3. The van der Waals surface area contributed by atoms with Gasteiger partial charge in [-0.25, -0.2) is 0 Å². The van der Waals surface area contributed by atoms with Crippen molar-refractivity contribution in [2.24, 2.45) is 4.40 Å².